The van der Waals surface area contributed by atoms with Crippen molar-refractivity contribution in [3.05, 3.63) is 89.2 Å². The number of halogens is 1. The topological polar surface area (TPSA) is 63.7 Å². The number of ether oxygens (including phenoxy) is 2. The first-order chi connectivity index (χ1) is 16.6. The summed E-state index contributed by atoms with van der Waals surface area (Å²) in [4.78, 5) is 20.0. The molecule has 34 heavy (non-hydrogen) atoms. The normalized spacial score (nSPS) is 15.5. The minimum absolute atomic E-state index is 0.0194. The van der Waals surface area contributed by atoms with Crippen molar-refractivity contribution in [3.63, 3.8) is 0 Å². The van der Waals surface area contributed by atoms with Crippen LogP contribution in [0.1, 0.15) is 30.1 Å². The molecular weight excluding hydrogens is 450 g/mol. The van der Waals surface area contributed by atoms with Gasteiger partial charge in [-0.1, -0.05) is 35.9 Å². The number of aromatic nitrogens is 1. The van der Waals surface area contributed by atoms with Crippen LogP contribution in [-0.4, -0.2) is 49.1 Å². The van der Waals surface area contributed by atoms with Crippen LogP contribution in [0.25, 0.3) is 0 Å². The predicted molar refractivity (Wildman–Crippen MR) is 133 cm³/mol. The number of likely N-dealkylation sites (tertiary alicyclic amines) is 1. The van der Waals surface area contributed by atoms with Gasteiger partial charge in [-0.05, 0) is 67.9 Å². The lowest BCUT2D eigenvalue weighted by Gasteiger charge is -2.32. The molecule has 0 spiro atoms. The minimum Gasteiger partial charge on any atom is -0.497 e. The van der Waals surface area contributed by atoms with E-state index in [4.69, 9.17) is 21.1 Å². The van der Waals surface area contributed by atoms with Crippen molar-refractivity contribution in [1.82, 2.24) is 15.2 Å². The number of nitrogens with one attached hydrogen (secondary N) is 1. The fraction of sp³-hybridized carbons (Fsp3) is 0.333. The lowest BCUT2D eigenvalue weighted by atomic mass is 9.94. The zero-order chi connectivity index (χ0) is 23.8. The molecule has 178 valence electrons. The van der Waals surface area contributed by atoms with Crippen LogP contribution in [-0.2, 0) is 4.79 Å². The van der Waals surface area contributed by atoms with Crippen molar-refractivity contribution in [2.75, 3.05) is 33.4 Å². The Morgan fingerprint density at radius 1 is 1.09 bits per heavy atom. The molecule has 1 aromatic heterocycles. The Bertz CT molecular complexity index is 1050. The monoisotopic (exact) mass is 479 g/mol. The molecule has 1 unspecified atom stereocenters. The third kappa shape index (κ3) is 6.49. The number of hydrogen-bond acceptors (Lipinski definition) is 5. The predicted octanol–water partition coefficient (Wildman–Crippen LogP) is 4.74. The van der Waals surface area contributed by atoms with Gasteiger partial charge in [0.1, 0.15) is 18.1 Å². The van der Waals surface area contributed by atoms with Gasteiger partial charge >= 0.3 is 0 Å². The Morgan fingerprint density at radius 3 is 2.56 bits per heavy atom. The van der Waals surface area contributed by atoms with Crippen LogP contribution in [0.4, 0.5) is 0 Å². The molecule has 6 nitrogen and oxygen atoms in total. The third-order valence-corrected chi connectivity index (χ3v) is 6.40. The number of nitrogens with zero attached hydrogens (tertiary/aromatic N) is 2. The van der Waals surface area contributed by atoms with E-state index in [1.807, 2.05) is 66.7 Å². The lowest BCUT2D eigenvalue weighted by molar-refractivity contribution is -0.127. The molecule has 0 radical (unpaired) electrons. The van der Waals surface area contributed by atoms with Gasteiger partial charge in [-0.2, -0.15) is 0 Å². The number of pyridine rings is 1. The molecule has 1 N–H and O–H groups in total. The van der Waals surface area contributed by atoms with Crippen LogP contribution in [0.3, 0.4) is 0 Å². The maximum Gasteiger partial charge on any atom is 0.224 e. The second-order valence-corrected chi connectivity index (χ2v) is 8.83. The minimum atomic E-state index is -0.305. The highest BCUT2D eigenvalue weighted by Gasteiger charge is 2.27. The number of carbonyl (C=O) groups is 1. The van der Waals surface area contributed by atoms with E-state index >= 15 is 0 Å². The van der Waals surface area contributed by atoms with Crippen LogP contribution in [0.5, 0.6) is 11.5 Å². The summed E-state index contributed by atoms with van der Waals surface area (Å²) in [7, 11) is 1.65. The zero-order valence-corrected chi connectivity index (χ0v) is 20.1. The van der Waals surface area contributed by atoms with E-state index in [9.17, 15) is 4.79 Å². The number of methoxy groups -OCH3 is 1. The Hall–Kier alpha value is -3.09. The number of piperidine rings is 1. The average molecular weight is 480 g/mol. The molecule has 2 heterocycles. The summed E-state index contributed by atoms with van der Waals surface area (Å²) >= 11 is 6.07. The maximum absolute atomic E-state index is 13.2. The number of amides is 1. The van der Waals surface area contributed by atoms with Crippen LogP contribution in [0.15, 0.2) is 72.9 Å². The van der Waals surface area contributed by atoms with Crippen molar-refractivity contribution in [1.29, 1.82) is 0 Å². The summed E-state index contributed by atoms with van der Waals surface area (Å²) in [5.74, 6) is 1.63. The summed E-state index contributed by atoms with van der Waals surface area (Å²) in [6.07, 6.45) is 3.39. The molecule has 1 atom stereocenters. The van der Waals surface area contributed by atoms with Crippen molar-refractivity contribution < 1.29 is 14.3 Å². The van der Waals surface area contributed by atoms with Crippen LogP contribution in [0, 0.1) is 5.92 Å². The zero-order valence-electron chi connectivity index (χ0n) is 19.3. The van der Waals surface area contributed by atoms with Gasteiger partial charge in [0.25, 0.3) is 0 Å². The van der Waals surface area contributed by atoms with Crippen LogP contribution >= 0.6 is 11.6 Å². The first-order valence-corrected chi connectivity index (χ1v) is 12.0. The highest BCUT2D eigenvalue weighted by atomic mass is 35.5. The van der Waals surface area contributed by atoms with Crippen molar-refractivity contribution in [2.45, 2.75) is 18.9 Å². The van der Waals surface area contributed by atoms with Crippen LogP contribution in [0.2, 0.25) is 5.02 Å². The van der Waals surface area contributed by atoms with Crippen molar-refractivity contribution >= 4 is 17.5 Å². The third-order valence-electron chi connectivity index (χ3n) is 6.15. The molecule has 0 aliphatic carbocycles. The largest absolute Gasteiger partial charge is 0.497 e. The number of carbonyl (C=O) groups excluding carboxylic acids is 1. The molecule has 1 amide bonds. The van der Waals surface area contributed by atoms with E-state index < -0.39 is 0 Å². The van der Waals surface area contributed by atoms with Gasteiger partial charge in [0.15, 0.2) is 0 Å². The Balaban J connectivity index is 1.29. The van der Waals surface area contributed by atoms with Gasteiger partial charge in [-0.25, -0.2) is 0 Å². The van der Waals surface area contributed by atoms with E-state index in [0.717, 1.165) is 55.2 Å². The fourth-order valence-corrected chi connectivity index (χ4v) is 4.32. The molecule has 1 fully saturated rings. The highest BCUT2D eigenvalue weighted by molar-refractivity contribution is 6.30. The Kier molecular flexibility index (Phi) is 8.39. The summed E-state index contributed by atoms with van der Waals surface area (Å²) in [5, 5.41) is 3.89. The first kappa shape index (κ1) is 24.0. The van der Waals surface area contributed by atoms with Gasteiger partial charge < -0.3 is 14.8 Å². The second kappa shape index (κ2) is 11.9. The van der Waals surface area contributed by atoms with Gasteiger partial charge in [-0.15, -0.1) is 0 Å². The summed E-state index contributed by atoms with van der Waals surface area (Å²) in [6.45, 7) is 3.17. The van der Waals surface area contributed by atoms with Crippen molar-refractivity contribution in [3.8, 4) is 11.5 Å². The number of benzene rings is 2. The Morgan fingerprint density at radius 2 is 1.85 bits per heavy atom. The van der Waals surface area contributed by atoms with Crippen LogP contribution < -0.4 is 14.8 Å². The van der Waals surface area contributed by atoms with E-state index in [2.05, 4.69) is 15.2 Å². The fourth-order valence-electron chi connectivity index (χ4n) is 4.19. The van der Waals surface area contributed by atoms with E-state index in [-0.39, 0.29) is 17.9 Å². The van der Waals surface area contributed by atoms with Crippen molar-refractivity contribution in [2.24, 2.45) is 5.92 Å². The maximum atomic E-state index is 13.2. The highest BCUT2D eigenvalue weighted by Crippen LogP contribution is 2.25. The number of hydrogen-bond donors (Lipinski definition) is 1. The molecule has 0 bridgehead atoms. The smallest absolute Gasteiger partial charge is 0.224 e. The SMILES string of the molecule is COc1cccc(OCCN2CCC(C(=O)NC(c3ccc(Cl)cc3)c3ccccn3)CC2)c1. The quantitative estimate of drug-likeness (QED) is 0.480. The molecule has 0 saturated carbocycles. The summed E-state index contributed by atoms with van der Waals surface area (Å²) < 4.78 is 11.1. The average Bonchev–Trinajstić information content (AvgIpc) is 2.89. The Labute approximate surface area is 205 Å². The molecule has 2 aromatic carbocycles. The molecule has 1 saturated heterocycles. The first-order valence-electron chi connectivity index (χ1n) is 11.6. The second-order valence-electron chi connectivity index (χ2n) is 8.39. The molecule has 3 aromatic rings. The number of rotatable bonds is 9. The summed E-state index contributed by atoms with van der Waals surface area (Å²) in [6, 6.07) is 20.6. The molecular formula is C27H30ClN3O3. The molecule has 4 rings (SSSR count). The van der Waals surface area contributed by atoms with Gasteiger partial charge in [0.2, 0.25) is 5.91 Å². The lowest BCUT2D eigenvalue weighted by Crippen LogP contribution is -2.42. The van der Waals surface area contributed by atoms with E-state index in [1.54, 1.807) is 13.3 Å². The summed E-state index contributed by atoms with van der Waals surface area (Å²) in [5.41, 5.74) is 1.77. The molecule has 7 heteroatoms. The molecule has 1 aliphatic rings. The van der Waals surface area contributed by atoms with E-state index in [0.29, 0.717) is 11.6 Å². The van der Waals surface area contributed by atoms with Gasteiger partial charge in [-0.3, -0.25) is 14.7 Å². The standard InChI is InChI=1S/C27H30ClN3O3/c1-33-23-5-4-6-24(19-23)34-18-17-31-15-12-21(13-16-31)27(32)30-26(25-7-2-3-14-29-25)20-8-10-22(28)11-9-20/h2-11,14,19,21,26H,12-13,15-18H2,1H3,(H,30,32). The molecule has 1 aliphatic heterocycles. The van der Waals surface area contributed by atoms with Gasteiger partial charge in [0.05, 0.1) is 18.8 Å². The van der Waals surface area contributed by atoms with E-state index in [1.165, 1.54) is 0 Å². The van der Waals surface area contributed by atoms with Gasteiger partial charge in [0, 0.05) is 29.7 Å².